The number of esters is 1. The number of carbonyl (C=O) groups excluding carboxylic acids is 1. The molecule has 0 aliphatic rings. The zero-order valence-corrected chi connectivity index (χ0v) is 21.3. The van der Waals surface area contributed by atoms with Gasteiger partial charge in [0.25, 0.3) is 5.56 Å². The molecule has 0 spiro atoms. The van der Waals surface area contributed by atoms with Crippen LogP contribution in [0.4, 0.5) is 0 Å². The van der Waals surface area contributed by atoms with Crippen LogP contribution in [0.3, 0.4) is 0 Å². The molecule has 0 aliphatic carbocycles. The lowest BCUT2D eigenvalue weighted by molar-refractivity contribution is 0.0526. The van der Waals surface area contributed by atoms with Crippen molar-refractivity contribution in [2.45, 2.75) is 38.8 Å². The minimum absolute atomic E-state index is 0.0331. The Kier molecular flexibility index (Phi) is 7.20. The molecule has 0 saturated heterocycles. The Hall–Kier alpha value is -3.27. The van der Waals surface area contributed by atoms with Crippen molar-refractivity contribution < 1.29 is 17.9 Å². The smallest absolute Gasteiger partial charge is 0.338 e. The summed E-state index contributed by atoms with van der Waals surface area (Å²) in [5.41, 5.74) is 3.09. The Balaban J connectivity index is 1.72. The van der Waals surface area contributed by atoms with Crippen LogP contribution in [0.15, 0.2) is 69.7 Å². The van der Waals surface area contributed by atoms with Crippen molar-refractivity contribution in [3.8, 4) is 0 Å². The number of aryl methyl sites for hydroxylation is 2. The molecule has 0 aliphatic heterocycles. The van der Waals surface area contributed by atoms with Crippen molar-refractivity contribution in [2.24, 2.45) is 0 Å². The van der Waals surface area contributed by atoms with E-state index in [1.165, 1.54) is 39.9 Å². The van der Waals surface area contributed by atoms with Crippen LogP contribution in [0.25, 0.3) is 10.9 Å². The number of hydrogen-bond acceptors (Lipinski definition) is 6. The molecule has 0 radical (unpaired) electrons. The van der Waals surface area contributed by atoms with E-state index < -0.39 is 16.0 Å². The number of fused-ring (bicyclic) bond motifs is 1. The highest BCUT2D eigenvalue weighted by Crippen LogP contribution is 2.24. The monoisotopic (exact) mass is 510 g/mol. The number of sulfonamides is 1. The highest BCUT2D eigenvalue weighted by Gasteiger charge is 2.27. The molecule has 2 aromatic heterocycles. The molecule has 0 amide bonds. The van der Waals surface area contributed by atoms with Crippen molar-refractivity contribution in [1.82, 2.24) is 9.29 Å². The lowest BCUT2D eigenvalue weighted by atomic mass is 10.0. The molecule has 0 saturated carbocycles. The molecule has 7 nitrogen and oxygen atoms in total. The fourth-order valence-corrected chi connectivity index (χ4v) is 6.00. The Morgan fingerprint density at radius 1 is 1.06 bits per heavy atom. The fraction of sp³-hybridized carbons (Fsp3) is 0.231. The maximum Gasteiger partial charge on any atom is 0.338 e. The number of aromatic nitrogens is 1. The first kappa shape index (κ1) is 24.8. The standard InChI is InChI=1S/C26H26N2O5S2/c1-4-33-26(30)19-9-11-23(12-10-19)35(31,32)28(16-22-6-5-13-34-22)15-21-14-20-8-7-17(2)18(3)24(20)27-25(21)29/h5-14H,4,15-16H2,1-3H3,(H,27,29). The minimum atomic E-state index is -3.98. The topological polar surface area (TPSA) is 96.5 Å². The van der Waals surface area contributed by atoms with Crippen LogP contribution >= 0.6 is 11.3 Å². The van der Waals surface area contributed by atoms with Gasteiger partial charge in [0.05, 0.1) is 22.6 Å². The van der Waals surface area contributed by atoms with Crippen molar-refractivity contribution in [3.63, 3.8) is 0 Å². The number of thiophene rings is 1. The zero-order chi connectivity index (χ0) is 25.2. The third-order valence-corrected chi connectivity index (χ3v) is 8.56. The summed E-state index contributed by atoms with van der Waals surface area (Å²) in [5, 5.41) is 2.72. The van der Waals surface area contributed by atoms with Gasteiger partial charge in [-0.25, -0.2) is 13.2 Å². The predicted molar refractivity (Wildman–Crippen MR) is 137 cm³/mol. The van der Waals surface area contributed by atoms with E-state index in [2.05, 4.69) is 4.98 Å². The number of hydrogen-bond donors (Lipinski definition) is 1. The first-order valence-electron chi connectivity index (χ1n) is 11.1. The predicted octanol–water partition coefficient (Wildman–Crippen LogP) is 4.77. The Morgan fingerprint density at radius 3 is 2.46 bits per heavy atom. The number of pyridine rings is 1. The first-order chi connectivity index (χ1) is 16.7. The number of nitrogens with one attached hydrogen (secondary N) is 1. The number of nitrogens with zero attached hydrogens (tertiary/aromatic N) is 1. The molecule has 9 heteroatoms. The summed E-state index contributed by atoms with van der Waals surface area (Å²) in [4.78, 5) is 28.7. The van der Waals surface area contributed by atoms with Crippen molar-refractivity contribution in [2.75, 3.05) is 6.61 Å². The number of rotatable bonds is 8. The molecular weight excluding hydrogens is 484 g/mol. The van der Waals surface area contributed by atoms with Gasteiger partial charge in [-0.2, -0.15) is 4.31 Å². The summed E-state index contributed by atoms with van der Waals surface area (Å²) < 4.78 is 33.6. The van der Waals surface area contributed by atoms with E-state index >= 15 is 0 Å². The molecule has 0 fully saturated rings. The van der Waals surface area contributed by atoms with Gasteiger partial charge < -0.3 is 9.72 Å². The van der Waals surface area contributed by atoms with E-state index in [9.17, 15) is 18.0 Å². The fourth-order valence-electron chi connectivity index (χ4n) is 3.81. The Labute approximate surface area is 208 Å². The molecular formula is C26H26N2O5S2. The van der Waals surface area contributed by atoms with E-state index in [1.807, 2.05) is 43.5 Å². The van der Waals surface area contributed by atoms with Crippen LogP contribution in [0.1, 0.15) is 38.8 Å². The van der Waals surface area contributed by atoms with Gasteiger partial charge in [-0.1, -0.05) is 18.2 Å². The average Bonchev–Trinajstić information content (AvgIpc) is 3.35. The van der Waals surface area contributed by atoms with Gasteiger partial charge in [-0.05, 0) is 79.1 Å². The van der Waals surface area contributed by atoms with Gasteiger partial charge in [0.2, 0.25) is 10.0 Å². The molecule has 2 aromatic carbocycles. The number of carbonyl (C=O) groups is 1. The normalized spacial score (nSPS) is 11.8. The molecule has 4 aromatic rings. The maximum atomic E-state index is 13.6. The molecule has 0 unspecified atom stereocenters. The SMILES string of the molecule is CCOC(=O)c1ccc(S(=O)(=O)N(Cc2cccs2)Cc2cc3ccc(C)c(C)c3[nH]c2=O)cc1. The number of H-pyrrole nitrogens is 1. The van der Waals surface area contributed by atoms with Gasteiger partial charge in [0, 0.05) is 23.5 Å². The van der Waals surface area contributed by atoms with Gasteiger partial charge in [0.1, 0.15) is 0 Å². The van der Waals surface area contributed by atoms with Crippen LogP contribution in [0.5, 0.6) is 0 Å². The Bertz CT molecular complexity index is 1520. The van der Waals surface area contributed by atoms with E-state index in [0.717, 1.165) is 26.9 Å². The van der Waals surface area contributed by atoms with Crippen LogP contribution in [0.2, 0.25) is 0 Å². The summed E-state index contributed by atoms with van der Waals surface area (Å²) in [6.45, 7) is 5.87. The Morgan fingerprint density at radius 2 is 1.80 bits per heavy atom. The summed E-state index contributed by atoms with van der Waals surface area (Å²) >= 11 is 1.44. The summed E-state index contributed by atoms with van der Waals surface area (Å²) in [6, 6.07) is 15.0. The summed E-state index contributed by atoms with van der Waals surface area (Å²) in [6.07, 6.45) is 0. The molecule has 0 bridgehead atoms. The molecule has 4 rings (SSSR count). The average molecular weight is 511 g/mol. The molecule has 1 N–H and O–H groups in total. The highest BCUT2D eigenvalue weighted by molar-refractivity contribution is 7.89. The van der Waals surface area contributed by atoms with Crippen LogP contribution < -0.4 is 5.56 Å². The van der Waals surface area contributed by atoms with Crippen LogP contribution in [-0.4, -0.2) is 30.3 Å². The third-order valence-electron chi connectivity index (χ3n) is 5.89. The summed E-state index contributed by atoms with van der Waals surface area (Å²) in [5.74, 6) is -0.514. The van der Waals surface area contributed by atoms with Crippen LogP contribution in [-0.2, 0) is 27.8 Å². The van der Waals surface area contributed by atoms with Crippen molar-refractivity contribution in [1.29, 1.82) is 0 Å². The molecule has 2 heterocycles. The van der Waals surface area contributed by atoms with Gasteiger partial charge >= 0.3 is 5.97 Å². The van der Waals surface area contributed by atoms with Crippen molar-refractivity contribution in [3.05, 3.63) is 97.5 Å². The summed E-state index contributed by atoms with van der Waals surface area (Å²) in [7, 11) is -3.98. The first-order valence-corrected chi connectivity index (χ1v) is 13.4. The molecule has 182 valence electrons. The molecule has 35 heavy (non-hydrogen) atoms. The zero-order valence-electron chi connectivity index (χ0n) is 19.7. The van der Waals surface area contributed by atoms with E-state index in [4.69, 9.17) is 4.74 Å². The van der Waals surface area contributed by atoms with Crippen molar-refractivity contribution >= 4 is 38.2 Å². The van der Waals surface area contributed by atoms with Gasteiger partial charge in [-0.15, -0.1) is 11.3 Å². The lowest BCUT2D eigenvalue weighted by Crippen LogP contribution is -2.32. The highest BCUT2D eigenvalue weighted by atomic mass is 32.2. The van der Waals surface area contributed by atoms with E-state index in [-0.39, 0.29) is 35.7 Å². The minimum Gasteiger partial charge on any atom is -0.462 e. The molecule has 0 atom stereocenters. The number of benzene rings is 2. The quantitative estimate of drug-likeness (QED) is 0.344. The lowest BCUT2D eigenvalue weighted by Gasteiger charge is -2.22. The second kappa shape index (κ2) is 10.2. The van der Waals surface area contributed by atoms with E-state index in [0.29, 0.717) is 5.56 Å². The largest absolute Gasteiger partial charge is 0.462 e. The second-order valence-corrected chi connectivity index (χ2v) is 11.2. The van der Waals surface area contributed by atoms with Crippen LogP contribution in [0, 0.1) is 13.8 Å². The maximum absolute atomic E-state index is 13.6. The number of aromatic amines is 1. The third kappa shape index (κ3) is 5.22. The van der Waals surface area contributed by atoms with Gasteiger partial charge in [-0.3, -0.25) is 4.79 Å². The van der Waals surface area contributed by atoms with E-state index in [1.54, 1.807) is 13.0 Å². The van der Waals surface area contributed by atoms with Gasteiger partial charge in [0.15, 0.2) is 0 Å². The number of ether oxygens (including phenoxy) is 1. The second-order valence-electron chi connectivity index (χ2n) is 8.19.